The summed E-state index contributed by atoms with van der Waals surface area (Å²) in [6.45, 7) is 4.39. The third kappa shape index (κ3) is 5.94. The van der Waals surface area contributed by atoms with Gasteiger partial charge in [-0.1, -0.05) is 35.6 Å². The molecule has 1 saturated heterocycles. The molecule has 0 spiro atoms. The molecule has 0 unspecified atom stereocenters. The van der Waals surface area contributed by atoms with Gasteiger partial charge in [-0.3, -0.25) is 19.2 Å². The maximum atomic E-state index is 12.2. The molecule has 1 aliphatic rings. The highest BCUT2D eigenvalue weighted by Crippen LogP contribution is 2.37. The maximum absolute atomic E-state index is 12.2. The molecule has 202 valence electrons. The van der Waals surface area contributed by atoms with Crippen LogP contribution in [-0.2, 0) is 38.1 Å². The fourth-order valence-electron chi connectivity index (χ4n) is 4.28. The summed E-state index contributed by atoms with van der Waals surface area (Å²) >= 11 is 0.886. The molecule has 1 aromatic heterocycles. The molecule has 0 bridgehead atoms. The van der Waals surface area contributed by atoms with Crippen LogP contribution in [0.25, 0.3) is 21.1 Å². The Morgan fingerprint density at radius 1 is 0.947 bits per heavy atom. The van der Waals surface area contributed by atoms with Gasteiger partial charge in [0.1, 0.15) is 24.5 Å². The number of hydrogen-bond donors (Lipinski definition) is 1. The van der Waals surface area contributed by atoms with Crippen molar-refractivity contribution in [1.82, 2.24) is 5.32 Å². The van der Waals surface area contributed by atoms with Crippen molar-refractivity contribution in [2.75, 3.05) is 6.61 Å². The molecular formula is C25H25NO11S. The average molecular weight is 548 g/mol. The highest BCUT2D eigenvalue weighted by Gasteiger charge is 2.52. The van der Waals surface area contributed by atoms with Gasteiger partial charge in [-0.05, 0) is 0 Å². The van der Waals surface area contributed by atoms with Crippen LogP contribution in [0.3, 0.4) is 0 Å². The quantitative estimate of drug-likeness (QED) is 0.341. The SMILES string of the molecule is CC(=O)N[C@@H]1[C@@H](Oc2cc3sc(=O)oc3c3ccccc23)O[C@@H](COC(C)=O)[C@@H](OC(C)=O)[C@@H]1OC(C)=O. The fraction of sp³-hybridized carbons (Fsp3) is 0.400. The Kier molecular flexibility index (Phi) is 7.97. The van der Waals surface area contributed by atoms with E-state index in [0.29, 0.717) is 21.1 Å². The van der Waals surface area contributed by atoms with Gasteiger partial charge >= 0.3 is 22.8 Å². The van der Waals surface area contributed by atoms with Crippen LogP contribution < -0.4 is 15.0 Å². The van der Waals surface area contributed by atoms with Crippen LogP contribution in [-0.4, -0.2) is 61.1 Å². The van der Waals surface area contributed by atoms with Crippen LogP contribution in [0.1, 0.15) is 27.7 Å². The van der Waals surface area contributed by atoms with Gasteiger partial charge in [0.15, 0.2) is 17.8 Å². The minimum Gasteiger partial charge on any atom is -0.463 e. The monoisotopic (exact) mass is 547 g/mol. The Balaban J connectivity index is 1.81. The first-order valence-electron chi connectivity index (χ1n) is 11.6. The predicted molar refractivity (Wildman–Crippen MR) is 133 cm³/mol. The molecule has 5 atom stereocenters. The summed E-state index contributed by atoms with van der Waals surface area (Å²) in [5.41, 5.74) is 0.395. The molecule has 3 aromatic rings. The van der Waals surface area contributed by atoms with E-state index in [1.54, 1.807) is 30.3 Å². The second-order valence-corrected chi connectivity index (χ2v) is 9.52. The van der Waals surface area contributed by atoms with Crippen LogP contribution in [0.4, 0.5) is 0 Å². The zero-order chi connectivity index (χ0) is 27.6. The summed E-state index contributed by atoms with van der Waals surface area (Å²) in [5, 5.41) is 3.84. The summed E-state index contributed by atoms with van der Waals surface area (Å²) in [4.78, 5) is 59.1. The van der Waals surface area contributed by atoms with Crippen molar-refractivity contribution in [3.63, 3.8) is 0 Å². The van der Waals surface area contributed by atoms with Crippen molar-refractivity contribution >= 4 is 56.2 Å². The van der Waals surface area contributed by atoms with Gasteiger partial charge in [0.2, 0.25) is 12.2 Å². The first kappa shape index (κ1) is 27.1. The van der Waals surface area contributed by atoms with Gasteiger partial charge in [-0.25, -0.2) is 4.79 Å². The van der Waals surface area contributed by atoms with Crippen molar-refractivity contribution in [2.45, 2.75) is 58.3 Å². The Morgan fingerprint density at radius 3 is 2.24 bits per heavy atom. The van der Waals surface area contributed by atoms with E-state index in [-0.39, 0.29) is 12.4 Å². The number of hydrogen-bond acceptors (Lipinski definition) is 12. The molecule has 1 fully saturated rings. The maximum Gasteiger partial charge on any atom is 0.396 e. The lowest BCUT2D eigenvalue weighted by molar-refractivity contribution is -0.256. The number of nitrogens with one attached hydrogen (secondary N) is 1. The van der Waals surface area contributed by atoms with E-state index in [1.807, 2.05) is 0 Å². The Morgan fingerprint density at radius 2 is 1.61 bits per heavy atom. The van der Waals surface area contributed by atoms with Gasteiger partial charge in [0.25, 0.3) is 0 Å². The van der Waals surface area contributed by atoms with Crippen molar-refractivity contribution in [1.29, 1.82) is 0 Å². The number of carbonyl (C=O) groups excluding carboxylic acids is 4. The molecule has 0 aliphatic carbocycles. The van der Waals surface area contributed by atoms with Crippen LogP contribution in [0.2, 0.25) is 0 Å². The van der Waals surface area contributed by atoms with E-state index in [2.05, 4.69) is 5.32 Å². The van der Waals surface area contributed by atoms with Gasteiger partial charge in [-0.15, -0.1) is 0 Å². The van der Waals surface area contributed by atoms with E-state index in [9.17, 15) is 24.0 Å². The Labute approximate surface area is 219 Å². The second kappa shape index (κ2) is 11.2. The van der Waals surface area contributed by atoms with E-state index in [0.717, 1.165) is 25.2 Å². The van der Waals surface area contributed by atoms with Crippen molar-refractivity contribution in [3.05, 3.63) is 40.1 Å². The highest BCUT2D eigenvalue weighted by molar-refractivity contribution is 7.16. The molecule has 0 radical (unpaired) electrons. The smallest absolute Gasteiger partial charge is 0.396 e. The first-order valence-corrected chi connectivity index (χ1v) is 12.4. The lowest BCUT2D eigenvalue weighted by Gasteiger charge is -2.44. The number of fused-ring (bicyclic) bond motifs is 3. The second-order valence-electron chi connectivity index (χ2n) is 8.54. The minimum atomic E-state index is -1.31. The zero-order valence-electron chi connectivity index (χ0n) is 20.9. The molecule has 2 heterocycles. The number of amides is 1. The number of esters is 3. The van der Waals surface area contributed by atoms with E-state index in [1.165, 1.54) is 13.8 Å². The van der Waals surface area contributed by atoms with Crippen molar-refractivity contribution < 1.29 is 47.3 Å². The van der Waals surface area contributed by atoms with Crippen LogP contribution in [0.15, 0.2) is 39.5 Å². The summed E-state index contributed by atoms with van der Waals surface area (Å²) in [6, 6.07) is 7.50. The lowest BCUT2D eigenvalue weighted by atomic mass is 9.96. The summed E-state index contributed by atoms with van der Waals surface area (Å²) in [5.74, 6) is -2.27. The fourth-order valence-corrected chi connectivity index (χ4v) is 4.99. The van der Waals surface area contributed by atoms with Crippen LogP contribution in [0, 0.1) is 0 Å². The van der Waals surface area contributed by atoms with Gasteiger partial charge in [0.05, 0.1) is 4.70 Å². The molecule has 38 heavy (non-hydrogen) atoms. The van der Waals surface area contributed by atoms with E-state index >= 15 is 0 Å². The van der Waals surface area contributed by atoms with Gasteiger partial charge < -0.3 is 33.4 Å². The third-order valence-corrected chi connectivity index (χ3v) is 6.39. The van der Waals surface area contributed by atoms with E-state index in [4.69, 9.17) is 28.1 Å². The third-order valence-electron chi connectivity index (χ3n) is 5.62. The largest absolute Gasteiger partial charge is 0.463 e. The molecule has 1 amide bonds. The topological polar surface area (TPSA) is 157 Å². The van der Waals surface area contributed by atoms with E-state index < -0.39 is 59.4 Å². The molecular weight excluding hydrogens is 522 g/mol. The van der Waals surface area contributed by atoms with Crippen LogP contribution in [0.5, 0.6) is 5.75 Å². The Bertz CT molecular complexity index is 1440. The summed E-state index contributed by atoms with van der Waals surface area (Å²) < 4.78 is 34.2. The number of carbonyl (C=O) groups is 4. The van der Waals surface area contributed by atoms with Crippen molar-refractivity contribution in [2.24, 2.45) is 0 Å². The molecule has 0 saturated carbocycles. The molecule has 13 heteroatoms. The number of benzene rings is 2. The lowest BCUT2D eigenvalue weighted by Crippen LogP contribution is -2.67. The van der Waals surface area contributed by atoms with Crippen LogP contribution >= 0.6 is 11.3 Å². The zero-order valence-corrected chi connectivity index (χ0v) is 21.7. The summed E-state index contributed by atoms with van der Waals surface area (Å²) in [6.07, 6.45) is -4.94. The standard InChI is InChI=1S/C25H25NO11S/c1-11(27)26-20-23(34-14(4)30)22(33-13(3)29)18(10-32-12(2)28)36-24(20)35-17-9-19-21(37-25(31)38-19)16-8-6-5-7-15(16)17/h5-9,18,20,22-24H,10H2,1-4H3,(H,26,27)/t18-,20-,22+,23+,24-/m0/s1. The van der Waals surface area contributed by atoms with Gasteiger partial charge in [0, 0.05) is 44.5 Å². The highest BCUT2D eigenvalue weighted by atomic mass is 32.1. The van der Waals surface area contributed by atoms with Crippen molar-refractivity contribution in [3.8, 4) is 5.75 Å². The molecule has 4 rings (SSSR count). The minimum absolute atomic E-state index is 0.282. The molecule has 1 N–H and O–H groups in total. The average Bonchev–Trinajstić information content (AvgIpc) is 3.21. The van der Waals surface area contributed by atoms with Gasteiger partial charge in [-0.2, -0.15) is 0 Å². The molecule has 1 aliphatic heterocycles. The predicted octanol–water partition coefficient (Wildman–Crippen LogP) is 2.04. The summed E-state index contributed by atoms with van der Waals surface area (Å²) in [7, 11) is 0. The molecule has 12 nitrogen and oxygen atoms in total. The Hall–Kier alpha value is -3.97. The number of rotatable bonds is 7. The number of ether oxygens (including phenoxy) is 5. The normalized spacial score (nSPS) is 23.0. The first-order chi connectivity index (χ1) is 18.0. The molecule has 2 aromatic carbocycles.